The maximum Gasteiger partial charge on any atom is 0.254 e. The number of amides is 1. The highest BCUT2D eigenvalue weighted by Crippen LogP contribution is 2.22. The van der Waals surface area contributed by atoms with E-state index < -0.39 is 10.0 Å². The first kappa shape index (κ1) is 19.8. The first-order valence-electron chi connectivity index (χ1n) is 9.05. The zero-order valence-electron chi connectivity index (χ0n) is 15.2. The lowest BCUT2D eigenvalue weighted by Gasteiger charge is -2.26. The van der Waals surface area contributed by atoms with Crippen LogP contribution in [0.4, 0.5) is 0 Å². The maximum atomic E-state index is 12.8. The molecule has 2 heterocycles. The fourth-order valence-electron chi connectivity index (χ4n) is 3.17. The Labute approximate surface area is 165 Å². The molecule has 0 unspecified atom stereocenters. The number of piperidine rings is 1. The van der Waals surface area contributed by atoms with E-state index >= 15 is 0 Å². The van der Waals surface area contributed by atoms with Gasteiger partial charge in [-0.3, -0.25) is 4.79 Å². The number of benzene rings is 1. The number of nitrogens with zero attached hydrogens (tertiary/aromatic N) is 2. The van der Waals surface area contributed by atoms with Gasteiger partial charge in [0.25, 0.3) is 5.91 Å². The van der Waals surface area contributed by atoms with Crippen LogP contribution in [0.15, 0.2) is 59.3 Å². The quantitative estimate of drug-likeness (QED) is 0.661. The molecule has 1 aromatic carbocycles. The van der Waals surface area contributed by atoms with Gasteiger partial charge >= 0.3 is 0 Å². The second-order valence-corrected chi connectivity index (χ2v) is 9.51. The molecule has 5 nitrogen and oxygen atoms in total. The van der Waals surface area contributed by atoms with Crippen molar-refractivity contribution in [3.05, 3.63) is 64.9 Å². The fraction of sp³-hybridized carbons (Fsp3) is 0.350. The largest absolute Gasteiger partial charge is 0.330 e. The van der Waals surface area contributed by atoms with Gasteiger partial charge in [-0.2, -0.15) is 4.31 Å². The van der Waals surface area contributed by atoms with E-state index in [9.17, 15) is 13.2 Å². The molecule has 1 aromatic heterocycles. The van der Waals surface area contributed by atoms with Gasteiger partial charge in [0.15, 0.2) is 0 Å². The van der Waals surface area contributed by atoms with E-state index in [4.69, 9.17) is 0 Å². The van der Waals surface area contributed by atoms with Gasteiger partial charge < -0.3 is 4.90 Å². The minimum Gasteiger partial charge on any atom is -0.330 e. The van der Waals surface area contributed by atoms with E-state index in [0.717, 1.165) is 24.1 Å². The molecule has 2 aromatic rings. The summed E-state index contributed by atoms with van der Waals surface area (Å²) in [7, 11) is -3.48. The molecule has 0 saturated carbocycles. The van der Waals surface area contributed by atoms with Crippen LogP contribution in [0, 0.1) is 0 Å². The molecule has 1 aliphatic heterocycles. The predicted octanol–water partition coefficient (Wildman–Crippen LogP) is 3.75. The van der Waals surface area contributed by atoms with Crippen molar-refractivity contribution in [2.45, 2.75) is 30.7 Å². The number of hydrogen-bond donors (Lipinski definition) is 0. The van der Waals surface area contributed by atoms with Gasteiger partial charge in [-0.25, -0.2) is 8.42 Å². The Bertz CT molecular complexity index is 868. The third-order valence-electron chi connectivity index (χ3n) is 4.62. The van der Waals surface area contributed by atoms with Crippen molar-refractivity contribution in [2.24, 2.45) is 0 Å². The van der Waals surface area contributed by atoms with Crippen molar-refractivity contribution in [3.63, 3.8) is 0 Å². The molecule has 7 heteroatoms. The monoisotopic (exact) mass is 404 g/mol. The average Bonchev–Trinajstić information content (AvgIpc) is 3.21. The number of sulfonamides is 1. The highest BCUT2D eigenvalue weighted by Gasteiger charge is 2.26. The second kappa shape index (κ2) is 8.82. The lowest BCUT2D eigenvalue weighted by molar-refractivity contribution is 0.0764. The lowest BCUT2D eigenvalue weighted by Crippen LogP contribution is -2.35. The third kappa shape index (κ3) is 4.66. The van der Waals surface area contributed by atoms with Crippen LogP contribution in [-0.4, -0.2) is 43.2 Å². The van der Waals surface area contributed by atoms with Crippen molar-refractivity contribution in [1.82, 2.24) is 9.21 Å². The normalized spacial score (nSPS) is 15.4. The molecule has 3 rings (SSSR count). The number of thiophene rings is 1. The summed E-state index contributed by atoms with van der Waals surface area (Å²) < 4.78 is 27.0. The number of rotatable bonds is 7. The van der Waals surface area contributed by atoms with E-state index in [1.54, 1.807) is 34.4 Å². The zero-order chi connectivity index (χ0) is 19.3. The van der Waals surface area contributed by atoms with Gasteiger partial charge in [0.2, 0.25) is 10.0 Å². The number of carbonyl (C=O) groups is 1. The summed E-state index contributed by atoms with van der Waals surface area (Å²) in [5.74, 6) is -0.134. The topological polar surface area (TPSA) is 57.7 Å². The van der Waals surface area contributed by atoms with Crippen molar-refractivity contribution in [2.75, 3.05) is 19.6 Å². The minimum absolute atomic E-state index is 0.134. The zero-order valence-corrected chi connectivity index (χ0v) is 16.8. The van der Waals surface area contributed by atoms with Crippen LogP contribution >= 0.6 is 11.3 Å². The van der Waals surface area contributed by atoms with Crippen LogP contribution in [-0.2, 0) is 16.6 Å². The Kier molecular flexibility index (Phi) is 6.46. The smallest absolute Gasteiger partial charge is 0.254 e. The van der Waals surface area contributed by atoms with Gasteiger partial charge in [0, 0.05) is 30.1 Å². The molecule has 1 fully saturated rings. The van der Waals surface area contributed by atoms with Gasteiger partial charge in [-0.15, -0.1) is 17.9 Å². The van der Waals surface area contributed by atoms with Crippen molar-refractivity contribution < 1.29 is 13.2 Å². The molecular weight excluding hydrogens is 380 g/mol. The maximum absolute atomic E-state index is 12.8. The highest BCUT2D eigenvalue weighted by atomic mass is 32.2. The summed E-state index contributed by atoms with van der Waals surface area (Å²) in [5.41, 5.74) is 0.478. The third-order valence-corrected chi connectivity index (χ3v) is 7.39. The Morgan fingerprint density at radius 2 is 1.85 bits per heavy atom. The van der Waals surface area contributed by atoms with Crippen molar-refractivity contribution >= 4 is 27.3 Å². The lowest BCUT2D eigenvalue weighted by atomic mass is 10.2. The van der Waals surface area contributed by atoms with Crippen molar-refractivity contribution in [1.29, 1.82) is 0 Å². The molecule has 0 bridgehead atoms. The van der Waals surface area contributed by atoms with Crippen LogP contribution in [0.1, 0.15) is 34.5 Å². The molecule has 0 N–H and O–H groups in total. The van der Waals surface area contributed by atoms with Crippen LogP contribution in [0.3, 0.4) is 0 Å². The average molecular weight is 405 g/mol. The Balaban J connectivity index is 1.76. The second-order valence-electron chi connectivity index (χ2n) is 6.54. The Morgan fingerprint density at radius 3 is 2.44 bits per heavy atom. The summed E-state index contributed by atoms with van der Waals surface area (Å²) in [5, 5.41) is 1.98. The molecule has 0 spiro atoms. The molecule has 0 aliphatic carbocycles. The van der Waals surface area contributed by atoms with Crippen LogP contribution < -0.4 is 0 Å². The molecule has 0 atom stereocenters. The molecular formula is C20H24N2O3S2. The Hall–Kier alpha value is -1.96. The standard InChI is InChI=1S/C20H24N2O3S2/c1-2-12-21(16-18-7-6-15-26-18)20(23)17-8-10-19(11-9-17)27(24,25)22-13-4-3-5-14-22/h2,6-11,15H,1,3-5,12-14,16H2. The van der Waals surface area contributed by atoms with Crippen molar-refractivity contribution in [3.8, 4) is 0 Å². The Morgan fingerprint density at radius 1 is 1.15 bits per heavy atom. The molecule has 0 radical (unpaired) electrons. The SMILES string of the molecule is C=CCN(Cc1cccs1)C(=O)c1ccc(S(=O)(=O)N2CCCCC2)cc1. The van der Waals surface area contributed by atoms with E-state index in [1.807, 2.05) is 17.5 Å². The van der Waals surface area contributed by atoms with Gasteiger partial charge in [-0.05, 0) is 48.6 Å². The summed E-state index contributed by atoms with van der Waals surface area (Å²) in [6.45, 7) is 5.81. The van der Waals surface area contributed by atoms with Crippen LogP contribution in [0.5, 0.6) is 0 Å². The molecule has 1 amide bonds. The van der Waals surface area contributed by atoms with E-state index in [1.165, 1.54) is 16.4 Å². The molecule has 144 valence electrons. The fourth-order valence-corrected chi connectivity index (χ4v) is 5.41. The van der Waals surface area contributed by atoms with Crippen LogP contribution in [0.2, 0.25) is 0 Å². The predicted molar refractivity (Wildman–Crippen MR) is 108 cm³/mol. The van der Waals surface area contributed by atoms with Gasteiger partial charge in [0.1, 0.15) is 0 Å². The summed E-state index contributed by atoms with van der Waals surface area (Å²) in [6.07, 6.45) is 4.56. The molecule has 1 saturated heterocycles. The van der Waals surface area contributed by atoms with E-state index in [2.05, 4.69) is 6.58 Å². The van der Waals surface area contributed by atoms with Gasteiger partial charge in [-0.1, -0.05) is 18.6 Å². The highest BCUT2D eigenvalue weighted by molar-refractivity contribution is 7.89. The first-order chi connectivity index (χ1) is 13.0. The molecule has 27 heavy (non-hydrogen) atoms. The summed E-state index contributed by atoms with van der Waals surface area (Å²) >= 11 is 1.60. The van der Waals surface area contributed by atoms with E-state index in [-0.39, 0.29) is 10.8 Å². The number of carbonyl (C=O) groups excluding carboxylic acids is 1. The first-order valence-corrected chi connectivity index (χ1v) is 11.4. The minimum atomic E-state index is -3.48. The number of hydrogen-bond acceptors (Lipinski definition) is 4. The summed E-state index contributed by atoms with van der Waals surface area (Å²) in [4.78, 5) is 15.9. The summed E-state index contributed by atoms with van der Waals surface area (Å²) in [6, 6.07) is 10.2. The van der Waals surface area contributed by atoms with E-state index in [0.29, 0.717) is 31.7 Å². The van der Waals surface area contributed by atoms with Crippen LogP contribution in [0.25, 0.3) is 0 Å². The van der Waals surface area contributed by atoms with Gasteiger partial charge in [0.05, 0.1) is 11.4 Å². The molecule has 1 aliphatic rings.